The molecule has 8 aliphatic carbocycles. The van der Waals surface area contributed by atoms with Crippen molar-refractivity contribution in [2.45, 2.75) is 90.9 Å². The van der Waals surface area contributed by atoms with Crippen LogP contribution >= 0.6 is 0 Å². The van der Waals surface area contributed by atoms with E-state index in [0.717, 1.165) is 47.1 Å². The molecule has 3 nitrogen and oxygen atoms in total. The molecule has 2 N–H and O–H groups in total. The van der Waals surface area contributed by atoms with Gasteiger partial charge in [0.05, 0.1) is 0 Å². The molecule has 3 heteroatoms. The molecule has 0 atom stereocenters. The van der Waals surface area contributed by atoms with Gasteiger partial charge < -0.3 is 10.6 Å². The Hall–Kier alpha value is -1.77. The Morgan fingerprint density at radius 1 is 0.647 bits per heavy atom. The normalized spacial score (nSPS) is 44.5. The second kappa shape index (κ2) is 7.87. The molecule has 0 radical (unpaired) electrons. The molecule has 8 fully saturated rings. The van der Waals surface area contributed by atoms with Crippen LogP contribution in [0.1, 0.15) is 90.9 Å². The second-order valence-corrected chi connectivity index (χ2v) is 13.5. The largest absolute Gasteiger partial charge is 0.343 e. The van der Waals surface area contributed by atoms with Crippen LogP contribution in [0.15, 0.2) is 41.7 Å². The van der Waals surface area contributed by atoms with Crippen molar-refractivity contribution in [3.8, 4) is 0 Å². The lowest BCUT2D eigenvalue weighted by Crippen LogP contribution is -2.48. The molecule has 0 aromatic carbocycles. The molecule has 182 valence electrons. The highest BCUT2D eigenvalue weighted by atomic mass is 15.1. The summed E-state index contributed by atoms with van der Waals surface area (Å²) in [4.78, 5) is 5.10. The summed E-state index contributed by atoms with van der Waals surface area (Å²) in [6.45, 7) is 4.46. The first kappa shape index (κ1) is 21.5. The number of pyridine rings is 1. The molecule has 8 bridgehead atoms. The van der Waals surface area contributed by atoms with Crippen LogP contribution in [0.25, 0.3) is 0 Å². The van der Waals surface area contributed by atoms with Gasteiger partial charge in [-0.05, 0) is 139 Å². The second-order valence-electron chi connectivity index (χ2n) is 13.5. The fourth-order valence-electron chi connectivity index (χ4n) is 10.8. The van der Waals surface area contributed by atoms with E-state index < -0.39 is 0 Å². The minimum absolute atomic E-state index is 0.377. The molecule has 1 aromatic heterocycles. The average Bonchev–Trinajstić information content (AvgIpc) is 2.79. The molecule has 0 unspecified atom stereocenters. The van der Waals surface area contributed by atoms with Crippen LogP contribution in [0, 0.1) is 46.3 Å². The van der Waals surface area contributed by atoms with Crippen molar-refractivity contribution < 1.29 is 0 Å². The summed E-state index contributed by atoms with van der Waals surface area (Å²) >= 11 is 0. The van der Waals surface area contributed by atoms with E-state index in [2.05, 4.69) is 54.8 Å². The van der Waals surface area contributed by atoms with Crippen LogP contribution in [-0.2, 0) is 0 Å². The number of anilines is 2. The minimum Gasteiger partial charge on any atom is -0.343 e. The fraction of sp³-hybridized carbons (Fsp3) is 0.710. The molecule has 9 rings (SSSR count). The number of aromatic nitrogens is 1. The maximum atomic E-state index is 5.10. The van der Waals surface area contributed by atoms with Gasteiger partial charge >= 0.3 is 0 Å². The van der Waals surface area contributed by atoms with E-state index in [9.17, 15) is 0 Å². The maximum Gasteiger partial charge on any atom is 0.132 e. The Morgan fingerprint density at radius 2 is 0.971 bits per heavy atom. The molecule has 0 amide bonds. The smallest absolute Gasteiger partial charge is 0.132 e. The van der Waals surface area contributed by atoms with Gasteiger partial charge in [0, 0.05) is 22.2 Å². The molecular weight excluding hydrogens is 414 g/mol. The highest BCUT2D eigenvalue weighted by Gasteiger charge is 2.53. The van der Waals surface area contributed by atoms with Gasteiger partial charge in [0.15, 0.2) is 0 Å². The molecule has 0 aliphatic heterocycles. The lowest BCUT2D eigenvalue weighted by atomic mass is 9.48. The first-order chi connectivity index (χ1) is 16.5. The standard InChI is InChI=1S/C31H43N3/c1-3-26(30-14-20-8-21(15-30)10-22(9-20)16-30)32-28-6-5-7-29(34-28)33-27(4-2)31-17-23-11-24(18-31)13-25(12-23)19-31/h3-7,20-25H,8-19H2,1-2H3,(H2,32,33,34)/b26-3-,27-4-. The van der Waals surface area contributed by atoms with E-state index in [1.54, 1.807) is 0 Å². The van der Waals surface area contributed by atoms with Crippen LogP contribution in [0.5, 0.6) is 0 Å². The van der Waals surface area contributed by atoms with Crippen LogP contribution < -0.4 is 10.6 Å². The fourth-order valence-corrected chi connectivity index (χ4v) is 10.8. The Labute approximate surface area is 206 Å². The van der Waals surface area contributed by atoms with Crippen molar-refractivity contribution in [1.82, 2.24) is 4.98 Å². The van der Waals surface area contributed by atoms with Crippen molar-refractivity contribution in [2.75, 3.05) is 10.6 Å². The Kier molecular flexibility index (Phi) is 4.98. The van der Waals surface area contributed by atoms with Gasteiger partial charge in [-0.15, -0.1) is 0 Å². The lowest BCUT2D eigenvalue weighted by Gasteiger charge is -2.57. The predicted octanol–water partition coefficient (Wildman–Crippen LogP) is 8.15. The van der Waals surface area contributed by atoms with Crippen molar-refractivity contribution >= 4 is 11.6 Å². The van der Waals surface area contributed by atoms with Gasteiger partial charge in [-0.1, -0.05) is 18.2 Å². The van der Waals surface area contributed by atoms with Crippen molar-refractivity contribution in [1.29, 1.82) is 0 Å². The minimum atomic E-state index is 0.377. The molecule has 34 heavy (non-hydrogen) atoms. The zero-order valence-corrected chi connectivity index (χ0v) is 21.3. The third-order valence-corrected chi connectivity index (χ3v) is 11.1. The van der Waals surface area contributed by atoms with E-state index in [1.807, 2.05) is 0 Å². The maximum absolute atomic E-state index is 5.10. The number of nitrogens with zero attached hydrogens (tertiary/aromatic N) is 1. The predicted molar refractivity (Wildman–Crippen MR) is 140 cm³/mol. The van der Waals surface area contributed by atoms with Gasteiger partial charge in [-0.2, -0.15) is 0 Å². The molecular formula is C31H43N3. The first-order valence-corrected chi connectivity index (χ1v) is 14.4. The summed E-state index contributed by atoms with van der Waals surface area (Å²) in [5.74, 6) is 7.78. The summed E-state index contributed by atoms with van der Waals surface area (Å²) < 4.78 is 0. The quantitative estimate of drug-likeness (QED) is 0.452. The van der Waals surface area contributed by atoms with Crippen LogP contribution in [-0.4, -0.2) is 4.98 Å². The van der Waals surface area contributed by atoms with E-state index in [1.165, 1.54) is 88.4 Å². The average molecular weight is 458 g/mol. The van der Waals surface area contributed by atoms with Gasteiger partial charge in [-0.3, -0.25) is 0 Å². The van der Waals surface area contributed by atoms with E-state index >= 15 is 0 Å². The SMILES string of the molecule is C/C=C(\Nc1cccc(N/C(=C\C)C23CC4CC(CC(C4)C2)C3)n1)C12CC3CC(CC(C3)C1)C2. The Bertz CT molecular complexity index is 869. The van der Waals surface area contributed by atoms with Crippen LogP contribution in [0.2, 0.25) is 0 Å². The van der Waals surface area contributed by atoms with Crippen molar-refractivity contribution in [3.63, 3.8) is 0 Å². The number of nitrogens with one attached hydrogen (secondary N) is 2. The molecule has 1 aromatic rings. The van der Waals surface area contributed by atoms with Gasteiger partial charge in [0.2, 0.25) is 0 Å². The Morgan fingerprint density at radius 3 is 1.26 bits per heavy atom. The van der Waals surface area contributed by atoms with Gasteiger partial charge in [0.25, 0.3) is 0 Å². The van der Waals surface area contributed by atoms with Gasteiger partial charge in [0.1, 0.15) is 11.6 Å². The summed E-state index contributed by atoms with van der Waals surface area (Å²) in [7, 11) is 0. The summed E-state index contributed by atoms with van der Waals surface area (Å²) in [6.07, 6.45) is 22.0. The third-order valence-electron chi connectivity index (χ3n) is 11.1. The van der Waals surface area contributed by atoms with E-state index in [-0.39, 0.29) is 0 Å². The zero-order chi connectivity index (χ0) is 22.9. The summed E-state index contributed by atoms with van der Waals surface area (Å²) in [6, 6.07) is 6.50. The molecule has 0 spiro atoms. The molecule has 8 saturated carbocycles. The van der Waals surface area contributed by atoms with Crippen molar-refractivity contribution in [2.24, 2.45) is 46.3 Å². The number of hydrogen-bond donors (Lipinski definition) is 2. The highest BCUT2D eigenvalue weighted by molar-refractivity contribution is 5.52. The third kappa shape index (κ3) is 3.47. The van der Waals surface area contributed by atoms with E-state index in [0.29, 0.717) is 10.8 Å². The number of rotatable bonds is 6. The summed E-state index contributed by atoms with van der Waals surface area (Å²) in [5, 5.41) is 7.69. The monoisotopic (exact) mass is 457 g/mol. The molecule has 1 heterocycles. The zero-order valence-electron chi connectivity index (χ0n) is 21.3. The van der Waals surface area contributed by atoms with Crippen LogP contribution in [0.4, 0.5) is 11.6 Å². The molecule has 0 saturated heterocycles. The summed E-state index contributed by atoms with van der Waals surface area (Å²) in [5.41, 5.74) is 3.65. The topological polar surface area (TPSA) is 37.0 Å². The number of hydrogen-bond acceptors (Lipinski definition) is 3. The first-order valence-electron chi connectivity index (χ1n) is 14.4. The van der Waals surface area contributed by atoms with Crippen molar-refractivity contribution in [3.05, 3.63) is 41.7 Å². The van der Waals surface area contributed by atoms with Crippen LogP contribution in [0.3, 0.4) is 0 Å². The Balaban J connectivity index is 1.10. The highest BCUT2D eigenvalue weighted by Crippen LogP contribution is 2.63. The number of allylic oxidation sites excluding steroid dienone is 4. The molecule has 8 aliphatic rings. The van der Waals surface area contributed by atoms with Gasteiger partial charge in [-0.25, -0.2) is 4.98 Å². The lowest BCUT2D eigenvalue weighted by molar-refractivity contribution is -0.0299. The van der Waals surface area contributed by atoms with E-state index in [4.69, 9.17) is 4.98 Å².